The summed E-state index contributed by atoms with van der Waals surface area (Å²) in [5.41, 5.74) is 0.449. The smallest absolute Gasteiger partial charge is 0.251 e. The molecule has 0 unspecified atom stereocenters. The zero-order valence-corrected chi connectivity index (χ0v) is 18.0. The molecule has 1 atom stereocenters. The average molecular weight is 421 g/mol. The van der Waals surface area contributed by atoms with Crippen LogP contribution in [0.5, 0.6) is 11.5 Å². The summed E-state index contributed by atoms with van der Waals surface area (Å²) in [4.78, 5) is 27.8. The van der Waals surface area contributed by atoms with Gasteiger partial charge in [-0.05, 0) is 49.2 Å². The van der Waals surface area contributed by atoms with Crippen LogP contribution in [0.4, 0.5) is 5.69 Å². The molecule has 2 amide bonds. The SMILES string of the molecule is COc1ccc(N2C(=O)C[C@]2(/C=C/c2ccccc2OC)C(=O)NC2CCCC2)cc1. The molecule has 0 aromatic heterocycles. The first-order chi connectivity index (χ1) is 15.1. The zero-order chi connectivity index (χ0) is 21.8. The van der Waals surface area contributed by atoms with E-state index in [-0.39, 0.29) is 24.3 Å². The van der Waals surface area contributed by atoms with E-state index in [0.29, 0.717) is 17.2 Å². The molecular weight excluding hydrogens is 392 g/mol. The van der Waals surface area contributed by atoms with E-state index in [4.69, 9.17) is 9.47 Å². The van der Waals surface area contributed by atoms with E-state index in [1.54, 1.807) is 31.3 Å². The van der Waals surface area contributed by atoms with E-state index in [9.17, 15) is 9.59 Å². The van der Waals surface area contributed by atoms with Gasteiger partial charge in [0.15, 0.2) is 5.54 Å². The van der Waals surface area contributed by atoms with Crippen LogP contribution in [0.25, 0.3) is 6.08 Å². The standard InChI is InChI=1S/C25H28N2O4/c1-30-21-13-11-20(12-14-21)27-23(28)17-25(27,24(29)26-19-8-4-5-9-19)16-15-18-7-3-6-10-22(18)31-2/h3,6-7,10-16,19H,4-5,8-9,17H2,1-2H3,(H,26,29)/b16-15+/t25-/m1/s1. The highest BCUT2D eigenvalue weighted by Crippen LogP contribution is 2.40. The summed E-state index contributed by atoms with van der Waals surface area (Å²) in [7, 11) is 3.21. The molecule has 162 valence electrons. The molecule has 6 nitrogen and oxygen atoms in total. The third-order valence-electron chi connectivity index (χ3n) is 6.16. The minimum atomic E-state index is -1.07. The minimum absolute atomic E-state index is 0.0867. The van der Waals surface area contributed by atoms with Crippen molar-refractivity contribution in [2.24, 2.45) is 0 Å². The third kappa shape index (κ3) is 4.02. The Kier molecular flexibility index (Phi) is 5.98. The number of carbonyl (C=O) groups excluding carboxylic acids is 2. The second kappa shape index (κ2) is 8.84. The van der Waals surface area contributed by atoms with Crippen LogP contribution in [-0.2, 0) is 9.59 Å². The Labute approximate surface area is 182 Å². The summed E-state index contributed by atoms with van der Waals surface area (Å²) in [6.07, 6.45) is 8.04. The van der Waals surface area contributed by atoms with Gasteiger partial charge < -0.3 is 14.8 Å². The zero-order valence-electron chi connectivity index (χ0n) is 18.0. The number of para-hydroxylation sites is 1. The Morgan fingerprint density at radius 1 is 1.06 bits per heavy atom. The van der Waals surface area contributed by atoms with E-state index in [2.05, 4.69) is 5.32 Å². The number of nitrogens with one attached hydrogen (secondary N) is 1. The monoisotopic (exact) mass is 420 g/mol. The summed E-state index contributed by atoms with van der Waals surface area (Å²) < 4.78 is 10.7. The molecule has 6 heteroatoms. The van der Waals surface area contributed by atoms with Crippen LogP contribution in [-0.4, -0.2) is 37.6 Å². The molecule has 31 heavy (non-hydrogen) atoms. The van der Waals surface area contributed by atoms with Gasteiger partial charge in [-0.25, -0.2) is 0 Å². The maximum Gasteiger partial charge on any atom is 0.251 e. The number of carbonyl (C=O) groups is 2. The first-order valence-corrected chi connectivity index (χ1v) is 10.7. The first kappa shape index (κ1) is 21.0. The molecular formula is C25H28N2O4. The summed E-state index contributed by atoms with van der Waals surface area (Å²) in [5, 5.41) is 3.19. The van der Waals surface area contributed by atoms with Gasteiger partial charge in [-0.3, -0.25) is 14.5 Å². The van der Waals surface area contributed by atoms with Crippen molar-refractivity contribution in [2.45, 2.75) is 43.7 Å². The van der Waals surface area contributed by atoms with Crippen molar-refractivity contribution < 1.29 is 19.1 Å². The lowest BCUT2D eigenvalue weighted by Gasteiger charge is -2.49. The van der Waals surface area contributed by atoms with Crippen LogP contribution in [0.15, 0.2) is 54.6 Å². The van der Waals surface area contributed by atoms with Crippen LogP contribution < -0.4 is 19.7 Å². The van der Waals surface area contributed by atoms with Gasteiger partial charge in [-0.2, -0.15) is 0 Å². The fourth-order valence-electron chi connectivity index (χ4n) is 4.43. The molecule has 1 N–H and O–H groups in total. The maximum atomic E-state index is 13.5. The fraction of sp³-hybridized carbons (Fsp3) is 0.360. The van der Waals surface area contributed by atoms with Gasteiger partial charge in [-0.1, -0.05) is 37.1 Å². The number of amides is 2. The molecule has 2 aromatic carbocycles. The van der Waals surface area contributed by atoms with Gasteiger partial charge in [0.1, 0.15) is 11.5 Å². The van der Waals surface area contributed by atoms with Crippen molar-refractivity contribution in [1.29, 1.82) is 0 Å². The number of ether oxygens (including phenoxy) is 2. The number of hydrogen-bond acceptors (Lipinski definition) is 4. The molecule has 1 aliphatic heterocycles. The molecule has 0 radical (unpaired) electrons. The molecule has 0 spiro atoms. The molecule has 4 rings (SSSR count). The van der Waals surface area contributed by atoms with Gasteiger partial charge in [0.25, 0.3) is 5.91 Å². The largest absolute Gasteiger partial charge is 0.497 e. The summed E-state index contributed by atoms with van der Waals surface area (Å²) in [5.74, 6) is 1.19. The Balaban J connectivity index is 1.70. The topological polar surface area (TPSA) is 67.9 Å². The predicted molar refractivity (Wildman–Crippen MR) is 120 cm³/mol. The van der Waals surface area contributed by atoms with Crippen molar-refractivity contribution in [3.63, 3.8) is 0 Å². The number of nitrogens with zero attached hydrogens (tertiary/aromatic N) is 1. The van der Waals surface area contributed by atoms with Crippen LogP contribution in [0.1, 0.15) is 37.7 Å². The maximum absolute atomic E-state index is 13.5. The van der Waals surface area contributed by atoms with E-state index >= 15 is 0 Å². The molecule has 1 saturated heterocycles. The Bertz CT molecular complexity index is 979. The highest BCUT2D eigenvalue weighted by atomic mass is 16.5. The van der Waals surface area contributed by atoms with Crippen molar-refractivity contribution >= 4 is 23.6 Å². The van der Waals surface area contributed by atoms with Crippen molar-refractivity contribution in [1.82, 2.24) is 5.32 Å². The lowest BCUT2D eigenvalue weighted by molar-refractivity contribution is -0.137. The van der Waals surface area contributed by atoms with Crippen molar-refractivity contribution in [3.05, 3.63) is 60.2 Å². The summed E-state index contributed by atoms with van der Waals surface area (Å²) in [6, 6.07) is 15.0. The predicted octanol–water partition coefficient (Wildman–Crippen LogP) is 3.95. The number of methoxy groups -OCH3 is 2. The molecule has 2 fully saturated rings. The quantitative estimate of drug-likeness (QED) is 0.689. The molecule has 0 bridgehead atoms. The lowest BCUT2D eigenvalue weighted by Crippen LogP contribution is -2.70. The van der Waals surface area contributed by atoms with Gasteiger partial charge in [0.05, 0.1) is 20.6 Å². The number of anilines is 1. The average Bonchev–Trinajstić information content (AvgIpc) is 3.30. The summed E-state index contributed by atoms with van der Waals surface area (Å²) in [6.45, 7) is 0. The second-order valence-corrected chi connectivity index (χ2v) is 8.06. The van der Waals surface area contributed by atoms with Crippen LogP contribution in [0.3, 0.4) is 0 Å². The molecule has 2 aliphatic rings. The molecule has 1 saturated carbocycles. The Hall–Kier alpha value is -3.28. The van der Waals surface area contributed by atoms with Crippen molar-refractivity contribution in [2.75, 3.05) is 19.1 Å². The fourth-order valence-corrected chi connectivity index (χ4v) is 4.43. The van der Waals surface area contributed by atoms with E-state index in [0.717, 1.165) is 31.2 Å². The van der Waals surface area contributed by atoms with Gasteiger partial charge >= 0.3 is 0 Å². The molecule has 1 heterocycles. The van der Waals surface area contributed by atoms with Gasteiger partial charge in [0, 0.05) is 17.3 Å². The number of rotatable bonds is 7. The van der Waals surface area contributed by atoms with Gasteiger partial charge in [0.2, 0.25) is 5.91 Å². The normalized spacial score (nSPS) is 21.2. The van der Waals surface area contributed by atoms with E-state index in [1.807, 2.05) is 48.6 Å². The molecule has 2 aromatic rings. The molecule has 1 aliphatic carbocycles. The third-order valence-corrected chi connectivity index (χ3v) is 6.16. The number of benzene rings is 2. The Morgan fingerprint density at radius 2 is 1.77 bits per heavy atom. The number of β-lactam (4-membered cyclic amide) rings is 1. The minimum Gasteiger partial charge on any atom is -0.497 e. The highest BCUT2D eigenvalue weighted by molar-refractivity contribution is 6.15. The van der Waals surface area contributed by atoms with Crippen LogP contribution in [0, 0.1) is 0 Å². The van der Waals surface area contributed by atoms with Crippen molar-refractivity contribution in [3.8, 4) is 11.5 Å². The van der Waals surface area contributed by atoms with E-state index < -0.39 is 5.54 Å². The number of hydrogen-bond donors (Lipinski definition) is 1. The van der Waals surface area contributed by atoms with Gasteiger partial charge in [-0.15, -0.1) is 0 Å². The summed E-state index contributed by atoms with van der Waals surface area (Å²) >= 11 is 0. The first-order valence-electron chi connectivity index (χ1n) is 10.7. The van der Waals surface area contributed by atoms with Crippen LogP contribution >= 0.6 is 0 Å². The Morgan fingerprint density at radius 3 is 2.42 bits per heavy atom. The van der Waals surface area contributed by atoms with Crippen LogP contribution in [0.2, 0.25) is 0 Å². The van der Waals surface area contributed by atoms with E-state index in [1.165, 1.54) is 0 Å². The second-order valence-electron chi connectivity index (χ2n) is 8.06. The highest BCUT2D eigenvalue weighted by Gasteiger charge is 2.56. The lowest BCUT2D eigenvalue weighted by atomic mass is 9.80.